The molecule has 2 aromatic heterocycles. The molecule has 0 aliphatic carbocycles. The van der Waals surface area contributed by atoms with Crippen molar-refractivity contribution in [3.05, 3.63) is 64.2 Å². The standard InChI is InChI=1S/C21H24ClN7O/c1-15-12-23-28(13-15)20-7-9-27(10-8-20)21(30)6-4-17-3-5-19(22)11-18(17)14-29-25-16(2)24-26-29/h3-6,11-13,20H,7-10,14H2,1-2H3. The van der Waals surface area contributed by atoms with Gasteiger partial charge in [-0.1, -0.05) is 17.7 Å². The van der Waals surface area contributed by atoms with Gasteiger partial charge in [0.15, 0.2) is 5.82 Å². The Kier molecular flexibility index (Phi) is 5.94. The second-order valence-corrected chi connectivity index (χ2v) is 8.03. The number of nitrogens with zero attached hydrogens (tertiary/aromatic N) is 7. The van der Waals surface area contributed by atoms with E-state index in [-0.39, 0.29) is 5.91 Å². The summed E-state index contributed by atoms with van der Waals surface area (Å²) in [6.45, 7) is 5.71. The second kappa shape index (κ2) is 8.79. The molecule has 0 unspecified atom stereocenters. The van der Waals surface area contributed by atoms with Crippen LogP contribution >= 0.6 is 11.6 Å². The van der Waals surface area contributed by atoms with Crippen molar-refractivity contribution in [2.45, 2.75) is 39.3 Å². The molecule has 156 valence electrons. The van der Waals surface area contributed by atoms with Crippen molar-refractivity contribution < 1.29 is 4.79 Å². The number of hydrogen-bond acceptors (Lipinski definition) is 5. The number of likely N-dealkylation sites (tertiary alicyclic amines) is 1. The smallest absolute Gasteiger partial charge is 0.246 e. The molecule has 3 aromatic rings. The summed E-state index contributed by atoms with van der Waals surface area (Å²) in [6.07, 6.45) is 9.22. The summed E-state index contributed by atoms with van der Waals surface area (Å²) in [5.41, 5.74) is 2.99. The predicted octanol–water partition coefficient (Wildman–Crippen LogP) is 3.07. The Labute approximate surface area is 180 Å². The largest absolute Gasteiger partial charge is 0.339 e. The maximum absolute atomic E-state index is 12.7. The molecule has 1 aromatic carbocycles. The van der Waals surface area contributed by atoms with Crippen LogP contribution in [0.5, 0.6) is 0 Å². The van der Waals surface area contributed by atoms with Crippen LogP contribution in [-0.4, -0.2) is 53.9 Å². The van der Waals surface area contributed by atoms with E-state index in [1.54, 1.807) is 13.0 Å². The molecule has 0 N–H and O–H groups in total. The van der Waals surface area contributed by atoms with E-state index in [0.717, 1.165) is 42.6 Å². The van der Waals surface area contributed by atoms with E-state index < -0.39 is 0 Å². The van der Waals surface area contributed by atoms with Crippen LogP contribution in [0, 0.1) is 13.8 Å². The molecule has 9 heteroatoms. The van der Waals surface area contributed by atoms with Gasteiger partial charge in [-0.3, -0.25) is 9.48 Å². The molecule has 1 aliphatic rings. The lowest BCUT2D eigenvalue weighted by atomic mass is 10.0. The first-order valence-electron chi connectivity index (χ1n) is 9.98. The number of piperidine rings is 1. The second-order valence-electron chi connectivity index (χ2n) is 7.60. The monoisotopic (exact) mass is 425 g/mol. The summed E-state index contributed by atoms with van der Waals surface area (Å²) in [5, 5.41) is 17.2. The summed E-state index contributed by atoms with van der Waals surface area (Å²) in [7, 11) is 0. The molecule has 0 atom stereocenters. The Morgan fingerprint density at radius 3 is 2.73 bits per heavy atom. The minimum atomic E-state index is 0.0146. The summed E-state index contributed by atoms with van der Waals surface area (Å²) >= 11 is 6.17. The average molecular weight is 426 g/mol. The molecule has 0 radical (unpaired) electrons. The number of benzene rings is 1. The molecule has 4 rings (SSSR count). The summed E-state index contributed by atoms with van der Waals surface area (Å²) < 4.78 is 2.02. The molecule has 0 bridgehead atoms. The fourth-order valence-electron chi connectivity index (χ4n) is 3.67. The number of hydrogen-bond donors (Lipinski definition) is 0. The third-order valence-electron chi connectivity index (χ3n) is 5.26. The minimum Gasteiger partial charge on any atom is -0.339 e. The fraction of sp³-hybridized carbons (Fsp3) is 0.381. The lowest BCUT2D eigenvalue weighted by Crippen LogP contribution is -2.38. The van der Waals surface area contributed by atoms with Crippen LogP contribution in [0.2, 0.25) is 5.02 Å². The van der Waals surface area contributed by atoms with E-state index in [1.807, 2.05) is 47.0 Å². The maximum Gasteiger partial charge on any atom is 0.246 e. The van der Waals surface area contributed by atoms with Gasteiger partial charge in [0.25, 0.3) is 0 Å². The van der Waals surface area contributed by atoms with Crippen molar-refractivity contribution >= 4 is 23.6 Å². The van der Waals surface area contributed by atoms with Crippen LogP contribution in [0.4, 0.5) is 0 Å². The molecule has 1 amide bonds. The van der Waals surface area contributed by atoms with Crippen LogP contribution in [0.25, 0.3) is 6.08 Å². The van der Waals surface area contributed by atoms with Gasteiger partial charge >= 0.3 is 0 Å². The molecular formula is C21H24ClN7O. The third kappa shape index (κ3) is 4.76. The van der Waals surface area contributed by atoms with Crippen molar-refractivity contribution in [3.63, 3.8) is 0 Å². The quantitative estimate of drug-likeness (QED) is 0.587. The zero-order valence-electron chi connectivity index (χ0n) is 17.1. The van der Waals surface area contributed by atoms with Crippen molar-refractivity contribution in [1.82, 2.24) is 34.9 Å². The Bertz CT molecular complexity index is 1060. The number of aryl methyl sites for hydroxylation is 2. The van der Waals surface area contributed by atoms with E-state index in [9.17, 15) is 4.79 Å². The van der Waals surface area contributed by atoms with Gasteiger partial charge in [-0.25, -0.2) is 0 Å². The topological polar surface area (TPSA) is 81.7 Å². The third-order valence-corrected chi connectivity index (χ3v) is 5.49. The molecule has 1 fully saturated rings. The van der Waals surface area contributed by atoms with Crippen LogP contribution < -0.4 is 0 Å². The van der Waals surface area contributed by atoms with Gasteiger partial charge in [-0.15, -0.1) is 10.2 Å². The van der Waals surface area contributed by atoms with Gasteiger partial charge in [0.2, 0.25) is 5.91 Å². The highest BCUT2D eigenvalue weighted by atomic mass is 35.5. The van der Waals surface area contributed by atoms with E-state index in [0.29, 0.717) is 23.4 Å². The molecular weight excluding hydrogens is 402 g/mol. The zero-order chi connectivity index (χ0) is 21.1. The lowest BCUT2D eigenvalue weighted by molar-refractivity contribution is -0.127. The summed E-state index contributed by atoms with van der Waals surface area (Å²) in [6, 6.07) is 5.93. The highest BCUT2D eigenvalue weighted by Gasteiger charge is 2.23. The van der Waals surface area contributed by atoms with Gasteiger partial charge in [-0.05, 0) is 66.8 Å². The molecule has 30 heavy (non-hydrogen) atoms. The first-order chi connectivity index (χ1) is 14.5. The van der Waals surface area contributed by atoms with Crippen molar-refractivity contribution in [3.8, 4) is 0 Å². The number of halogens is 1. The van der Waals surface area contributed by atoms with Gasteiger partial charge in [0.1, 0.15) is 0 Å². The number of carbonyl (C=O) groups excluding carboxylic acids is 1. The van der Waals surface area contributed by atoms with E-state index in [2.05, 4.69) is 26.7 Å². The Morgan fingerprint density at radius 2 is 2.07 bits per heavy atom. The zero-order valence-corrected chi connectivity index (χ0v) is 17.8. The Morgan fingerprint density at radius 1 is 1.27 bits per heavy atom. The lowest BCUT2D eigenvalue weighted by Gasteiger charge is -2.31. The van der Waals surface area contributed by atoms with E-state index >= 15 is 0 Å². The molecule has 8 nitrogen and oxygen atoms in total. The van der Waals surface area contributed by atoms with E-state index in [4.69, 9.17) is 11.6 Å². The van der Waals surface area contributed by atoms with Gasteiger partial charge in [0, 0.05) is 30.4 Å². The number of aromatic nitrogens is 6. The van der Waals surface area contributed by atoms with Crippen LogP contribution in [-0.2, 0) is 11.3 Å². The van der Waals surface area contributed by atoms with Crippen molar-refractivity contribution in [2.75, 3.05) is 13.1 Å². The number of tetrazole rings is 1. The highest BCUT2D eigenvalue weighted by Crippen LogP contribution is 2.23. The van der Waals surface area contributed by atoms with Crippen LogP contribution in [0.1, 0.15) is 41.4 Å². The number of carbonyl (C=O) groups is 1. The molecule has 1 aliphatic heterocycles. The maximum atomic E-state index is 12.7. The normalized spacial score (nSPS) is 15.2. The van der Waals surface area contributed by atoms with Crippen molar-refractivity contribution in [2.24, 2.45) is 0 Å². The highest BCUT2D eigenvalue weighted by molar-refractivity contribution is 6.30. The Balaban J connectivity index is 1.40. The molecule has 3 heterocycles. The predicted molar refractivity (Wildman–Crippen MR) is 114 cm³/mol. The van der Waals surface area contributed by atoms with Crippen molar-refractivity contribution in [1.29, 1.82) is 0 Å². The molecule has 0 spiro atoms. The Hall–Kier alpha value is -3.00. The minimum absolute atomic E-state index is 0.0146. The summed E-state index contributed by atoms with van der Waals surface area (Å²) in [5.74, 6) is 0.624. The first-order valence-corrected chi connectivity index (χ1v) is 10.4. The van der Waals surface area contributed by atoms with E-state index in [1.165, 1.54) is 4.80 Å². The average Bonchev–Trinajstić information content (AvgIpc) is 3.35. The number of amides is 1. The fourth-order valence-corrected chi connectivity index (χ4v) is 3.86. The first kappa shape index (κ1) is 20.3. The SMILES string of the molecule is Cc1cnn(C2CCN(C(=O)C=Cc3ccc(Cl)cc3Cn3nnc(C)n3)CC2)c1. The van der Waals surface area contributed by atoms with Crippen LogP contribution in [0.3, 0.4) is 0 Å². The van der Waals surface area contributed by atoms with Crippen LogP contribution in [0.15, 0.2) is 36.7 Å². The van der Waals surface area contributed by atoms with Gasteiger partial charge < -0.3 is 4.90 Å². The molecule has 0 saturated carbocycles. The summed E-state index contributed by atoms with van der Waals surface area (Å²) in [4.78, 5) is 16.1. The number of rotatable bonds is 5. The van der Waals surface area contributed by atoms with Gasteiger partial charge in [0.05, 0.1) is 18.8 Å². The van der Waals surface area contributed by atoms with Gasteiger partial charge in [-0.2, -0.15) is 9.90 Å². The molecule has 1 saturated heterocycles.